The van der Waals surface area contributed by atoms with Crippen LogP contribution < -0.4 is 10.6 Å². The highest BCUT2D eigenvalue weighted by atomic mass is 19.2. The van der Waals surface area contributed by atoms with E-state index in [4.69, 9.17) is 0 Å². The number of hydrogen-bond acceptors (Lipinski definition) is 2. The van der Waals surface area contributed by atoms with Gasteiger partial charge in [0.1, 0.15) is 0 Å². The van der Waals surface area contributed by atoms with Crippen molar-refractivity contribution in [1.29, 1.82) is 0 Å². The summed E-state index contributed by atoms with van der Waals surface area (Å²) in [6.45, 7) is 0. The van der Waals surface area contributed by atoms with Gasteiger partial charge in [-0.3, -0.25) is 0 Å². The van der Waals surface area contributed by atoms with Crippen molar-refractivity contribution in [3.05, 3.63) is 65.2 Å². The molecule has 0 heterocycles. The smallest absolute Gasteiger partial charge is 0.319 e. The number of anilines is 1. The Balaban J connectivity index is 1.70. The van der Waals surface area contributed by atoms with Crippen LogP contribution >= 0.6 is 0 Å². The van der Waals surface area contributed by atoms with Crippen molar-refractivity contribution in [3.63, 3.8) is 0 Å². The van der Waals surface area contributed by atoms with Crippen LogP contribution in [-0.2, 0) is 6.42 Å². The van der Waals surface area contributed by atoms with Crippen molar-refractivity contribution in [2.75, 3.05) is 5.32 Å². The summed E-state index contributed by atoms with van der Waals surface area (Å²) in [7, 11) is 0. The second-order valence-corrected chi connectivity index (χ2v) is 5.18. The summed E-state index contributed by atoms with van der Waals surface area (Å²) in [4.78, 5) is 12.0. The van der Waals surface area contributed by atoms with Gasteiger partial charge in [-0.05, 0) is 23.3 Å². The molecule has 0 unspecified atom stereocenters. The van der Waals surface area contributed by atoms with Gasteiger partial charge < -0.3 is 15.7 Å². The van der Waals surface area contributed by atoms with Crippen molar-refractivity contribution in [3.8, 4) is 0 Å². The predicted octanol–water partition coefficient (Wildman–Crippen LogP) is 2.74. The first-order chi connectivity index (χ1) is 10.5. The van der Waals surface area contributed by atoms with E-state index in [0.717, 1.165) is 23.3 Å². The number of amides is 2. The molecule has 0 saturated heterocycles. The van der Waals surface area contributed by atoms with Crippen LogP contribution in [-0.4, -0.2) is 17.2 Å². The molecule has 2 atom stereocenters. The average Bonchev–Trinajstić information content (AvgIpc) is 2.79. The lowest BCUT2D eigenvalue weighted by atomic mass is 10.1. The van der Waals surface area contributed by atoms with E-state index in [9.17, 15) is 18.7 Å². The van der Waals surface area contributed by atoms with Gasteiger partial charge in [0.2, 0.25) is 0 Å². The molecule has 1 aliphatic rings. The van der Waals surface area contributed by atoms with E-state index in [1.54, 1.807) is 0 Å². The summed E-state index contributed by atoms with van der Waals surface area (Å²) in [5.74, 6) is -2.02. The predicted molar refractivity (Wildman–Crippen MR) is 77.4 cm³/mol. The van der Waals surface area contributed by atoms with Gasteiger partial charge in [0.25, 0.3) is 0 Å². The molecule has 2 aromatic rings. The van der Waals surface area contributed by atoms with Crippen molar-refractivity contribution in [1.82, 2.24) is 5.32 Å². The Hall–Kier alpha value is -2.47. The van der Waals surface area contributed by atoms with E-state index in [1.165, 1.54) is 6.07 Å². The molecule has 1 aliphatic carbocycles. The molecule has 0 aliphatic heterocycles. The van der Waals surface area contributed by atoms with Crippen LogP contribution in [0.3, 0.4) is 0 Å². The Bertz CT molecular complexity index is 721. The molecule has 3 rings (SSSR count). The number of aliphatic hydroxyl groups is 1. The topological polar surface area (TPSA) is 61.4 Å². The largest absolute Gasteiger partial charge is 0.390 e. The first-order valence-corrected chi connectivity index (χ1v) is 6.83. The fraction of sp³-hybridized carbons (Fsp3) is 0.188. The summed E-state index contributed by atoms with van der Waals surface area (Å²) < 4.78 is 26.0. The van der Waals surface area contributed by atoms with Gasteiger partial charge in [-0.2, -0.15) is 0 Å². The molecule has 0 bridgehead atoms. The lowest BCUT2D eigenvalue weighted by Crippen LogP contribution is -2.36. The molecule has 0 fully saturated rings. The first-order valence-electron chi connectivity index (χ1n) is 6.83. The number of nitrogens with one attached hydrogen (secondary N) is 2. The van der Waals surface area contributed by atoms with Crippen molar-refractivity contribution in [2.24, 2.45) is 0 Å². The van der Waals surface area contributed by atoms with Crippen LogP contribution in [0.5, 0.6) is 0 Å². The van der Waals surface area contributed by atoms with E-state index >= 15 is 0 Å². The van der Waals surface area contributed by atoms with E-state index in [-0.39, 0.29) is 5.69 Å². The highest BCUT2D eigenvalue weighted by Crippen LogP contribution is 2.31. The third-order valence-electron chi connectivity index (χ3n) is 3.67. The second-order valence-electron chi connectivity index (χ2n) is 5.18. The van der Waals surface area contributed by atoms with Crippen LogP contribution in [0.4, 0.5) is 19.3 Å². The Morgan fingerprint density at radius 1 is 1.14 bits per heavy atom. The standard InChI is InChI=1S/C16H14F2N2O2/c17-12-6-5-10(8-13(12)18)19-16(22)20-15-11-4-2-1-3-9(11)7-14(15)21/h1-6,8,14-15,21H,7H2,(H2,19,20,22)/t14-,15+/m1/s1. The minimum atomic E-state index is -1.04. The number of urea groups is 1. The molecule has 114 valence electrons. The molecule has 6 heteroatoms. The molecule has 0 aromatic heterocycles. The summed E-state index contributed by atoms with van der Waals surface area (Å²) >= 11 is 0. The highest BCUT2D eigenvalue weighted by molar-refractivity contribution is 5.89. The Morgan fingerprint density at radius 2 is 1.91 bits per heavy atom. The fourth-order valence-corrected chi connectivity index (χ4v) is 2.63. The molecular formula is C16H14F2N2O2. The zero-order valence-corrected chi connectivity index (χ0v) is 11.5. The molecule has 2 amide bonds. The summed E-state index contributed by atoms with van der Waals surface area (Å²) in [6.07, 6.45) is -0.250. The molecule has 0 radical (unpaired) electrons. The van der Waals surface area contributed by atoms with Gasteiger partial charge in [0, 0.05) is 18.2 Å². The molecule has 0 spiro atoms. The van der Waals surface area contributed by atoms with Gasteiger partial charge in [-0.15, -0.1) is 0 Å². The molecule has 3 N–H and O–H groups in total. The van der Waals surface area contributed by atoms with Crippen molar-refractivity contribution >= 4 is 11.7 Å². The number of aliphatic hydroxyl groups excluding tert-OH is 1. The zero-order valence-electron chi connectivity index (χ0n) is 11.5. The number of hydrogen-bond donors (Lipinski definition) is 3. The Labute approximate surface area is 125 Å². The Kier molecular flexibility index (Phi) is 3.77. The maximum absolute atomic E-state index is 13.1. The molecule has 0 saturated carbocycles. The monoisotopic (exact) mass is 304 g/mol. The van der Waals surface area contributed by atoms with E-state index in [1.807, 2.05) is 24.3 Å². The van der Waals surface area contributed by atoms with Crippen LogP contribution in [0.25, 0.3) is 0 Å². The maximum atomic E-state index is 13.1. The number of rotatable bonds is 2. The lowest BCUT2D eigenvalue weighted by molar-refractivity contribution is 0.144. The number of carbonyl (C=O) groups is 1. The minimum absolute atomic E-state index is 0.136. The number of benzene rings is 2. The van der Waals surface area contributed by atoms with Gasteiger partial charge in [-0.25, -0.2) is 13.6 Å². The number of halogens is 2. The maximum Gasteiger partial charge on any atom is 0.319 e. The second kappa shape index (κ2) is 5.73. The van der Waals surface area contributed by atoms with Gasteiger partial charge >= 0.3 is 6.03 Å². The first kappa shape index (κ1) is 14.5. The van der Waals surface area contributed by atoms with Crippen molar-refractivity contribution in [2.45, 2.75) is 18.6 Å². The molecule has 2 aromatic carbocycles. The molecular weight excluding hydrogens is 290 g/mol. The van der Waals surface area contributed by atoms with Crippen LogP contribution in [0.2, 0.25) is 0 Å². The third kappa shape index (κ3) is 2.78. The van der Waals surface area contributed by atoms with Gasteiger partial charge in [0.15, 0.2) is 11.6 Å². The number of carbonyl (C=O) groups excluding carboxylic acids is 1. The van der Waals surface area contributed by atoms with Crippen LogP contribution in [0.1, 0.15) is 17.2 Å². The van der Waals surface area contributed by atoms with Crippen LogP contribution in [0, 0.1) is 11.6 Å². The third-order valence-corrected chi connectivity index (χ3v) is 3.67. The molecule has 22 heavy (non-hydrogen) atoms. The lowest BCUT2D eigenvalue weighted by Gasteiger charge is -2.18. The van der Waals surface area contributed by atoms with Crippen molar-refractivity contribution < 1.29 is 18.7 Å². The normalized spacial score (nSPS) is 19.6. The number of fused-ring (bicyclic) bond motifs is 1. The fourth-order valence-electron chi connectivity index (χ4n) is 2.63. The SMILES string of the molecule is O=C(Nc1ccc(F)c(F)c1)N[C@H]1c2ccccc2C[C@H]1O. The summed E-state index contributed by atoms with van der Waals surface area (Å²) in [5.41, 5.74) is 1.97. The minimum Gasteiger partial charge on any atom is -0.390 e. The van der Waals surface area contributed by atoms with E-state index in [0.29, 0.717) is 6.42 Å². The summed E-state index contributed by atoms with van der Waals surface area (Å²) in [5, 5.41) is 15.1. The average molecular weight is 304 g/mol. The Morgan fingerprint density at radius 3 is 2.68 bits per heavy atom. The van der Waals surface area contributed by atoms with E-state index in [2.05, 4.69) is 10.6 Å². The summed E-state index contributed by atoms with van der Waals surface area (Å²) in [6, 6.07) is 9.42. The highest BCUT2D eigenvalue weighted by Gasteiger charge is 2.31. The van der Waals surface area contributed by atoms with Gasteiger partial charge in [0.05, 0.1) is 12.1 Å². The zero-order chi connectivity index (χ0) is 15.7. The van der Waals surface area contributed by atoms with E-state index < -0.39 is 29.8 Å². The van der Waals surface area contributed by atoms with Gasteiger partial charge in [-0.1, -0.05) is 24.3 Å². The quantitative estimate of drug-likeness (QED) is 0.799. The molecule has 4 nitrogen and oxygen atoms in total. The van der Waals surface area contributed by atoms with Crippen LogP contribution in [0.15, 0.2) is 42.5 Å².